The number of hydrogen-bond donors (Lipinski definition) is 1. The molecule has 0 bridgehead atoms. The highest BCUT2D eigenvalue weighted by Gasteiger charge is 2.22. The average Bonchev–Trinajstić information content (AvgIpc) is 1.99. The maximum absolute atomic E-state index is 4.14. The molecule has 0 spiro atoms. The van der Waals surface area contributed by atoms with Crippen molar-refractivity contribution in [2.24, 2.45) is 11.3 Å². The molecular weight excluding hydrogens is 146 g/mol. The minimum absolute atomic E-state index is 0.226. The van der Waals surface area contributed by atoms with Crippen molar-refractivity contribution in [3.05, 3.63) is 12.2 Å². The molecule has 0 fully saturated rings. The Morgan fingerprint density at radius 2 is 1.92 bits per heavy atom. The van der Waals surface area contributed by atoms with E-state index in [9.17, 15) is 0 Å². The molecule has 0 aliphatic carbocycles. The molecule has 0 saturated heterocycles. The van der Waals surface area contributed by atoms with E-state index >= 15 is 0 Å². The van der Waals surface area contributed by atoms with E-state index in [2.05, 4.69) is 46.5 Å². The Hall–Kier alpha value is -0.300. The Bertz CT molecular complexity index is 145. The molecule has 0 aromatic carbocycles. The van der Waals surface area contributed by atoms with Crippen LogP contribution in [0.25, 0.3) is 0 Å². The topological polar surface area (TPSA) is 12.0 Å². The van der Waals surface area contributed by atoms with Crippen molar-refractivity contribution in [1.82, 2.24) is 5.32 Å². The normalized spacial score (nSPS) is 12.2. The summed E-state index contributed by atoms with van der Waals surface area (Å²) in [6, 6.07) is 0. The number of hydrogen-bond acceptors (Lipinski definition) is 1. The van der Waals surface area contributed by atoms with Crippen LogP contribution in [0.15, 0.2) is 12.2 Å². The summed E-state index contributed by atoms with van der Waals surface area (Å²) in [4.78, 5) is 0. The SMILES string of the molecule is C=C(C(C)C)C(C)(C)CNCC. The largest absolute Gasteiger partial charge is 0.316 e. The van der Waals surface area contributed by atoms with Gasteiger partial charge in [-0.25, -0.2) is 0 Å². The molecule has 12 heavy (non-hydrogen) atoms. The molecule has 0 radical (unpaired) electrons. The molecule has 1 N–H and O–H groups in total. The van der Waals surface area contributed by atoms with E-state index in [-0.39, 0.29) is 5.41 Å². The molecule has 0 heterocycles. The Balaban J connectivity index is 4.09. The van der Waals surface area contributed by atoms with E-state index in [1.807, 2.05) is 0 Å². The van der Waals surface area contributed by atoms with Gasteiger partial charge in [0.05, 0.1) is 0 Å². The van der Waals surface area contributed by atoms with Crippen molar-refractivity contribution in [1.29, 1.82) is 0 Å². The van der Waals surface area contributed by atoms with Crippen molar-refractivity contribution >= 4 is 0 Å². The molecule has 1 nitrogen and oxygen atoms in total. The minimum atomic E-state index is 0.226. The van der Waals surface area contributed by atoms with E-state index in [0.29, 0.717) is 5.92 Å². The predicted octanol–water partition coefficient (Wildman–Crippen LogP) is 2.83. The van der Waals surface area contributed by atoms with Crippen LogP contribution in [0.3, 0.4) is 0 Å². The average molecular weight is 169 g/mol. The molecule has 0 aromatic rings. The van der Waals surface area contributed by atoms with Crippen molar-refractivity contribution in [3.8, 4) is 0 Å². The first-order chi connectivity index (χ1) is 5.41. The van der Waals surface area contributed by atoms with Gasteiger partial charge in [0.2, 0.25) is 0 Å². The Morgan fingerprint density at radius 1 is 1.42 bits per heavy atom. The van der Waals surface area contributed by atoms with Gasteiger partial charge >= 0.3 is 0 Å². The molecule has 0 aliphatic rings. The van der Waals surface area contributed by atoms with Crippen LogP contribution in [0.1, 0.15) is 34.6 Å². The van der Waals surface area contributed by atoms with Crippen molar-refractivity contribution in [2.75, 3.05) is 13.1 Å². The minimum Gasteiger partial charge on any atom is -0.316 e. The van der Waals surface area contributed by atoms with Crippen LogP contribution >= 0.6 is 0 Å². The summed E-state index contributed by atoms with van der Waals surface area (Å²) in [5, 5.41) is 3.36. The maximum atomic E-state index is 4.14. The second-order valence-electron chi connectivity index (χ2n) is 4.34. The van der Waals surface area contributed by atoms with Gasteiger partial charge in [-0.1, -0.05) is 46.8 Å². The standard InChI is InChI=1S/C11H23N/c1-7-12-8-11(5,6)10(4)9(2)3/h9,12H,4,7-8H2,1-3,5-6H3. The Morgan fingerprint density at radius 3 is 2.25 bits per heavy atom. The van der Waals surface area contributed by atoms with E-state index in [1.165, 1.54) is 5.57 Å². The van der Waals surface area contributed by atoms with Crippen LogP contribution in [0.5, 0.6) is 0 Å². The lowest BCUT2D eigenvalue weighted by atomic mass is 9.79. The monoisotopic (exact) mass is 169 g/mol. The lowest BCUT2D eigenvalue weighted by molar-refractivity contribution is 0.380. The van der Waals surface area contributed by atoms with E-state index in [1.54, 1.807) is 0 Å². The van der Waals surface area contributed by atoms with E-state index in [0.717, 1.165) is 13.1 Å². The molecule has 0 amide bonds. The highest BCUT2D eigenvalue weighted by molar-refractivity contribution is 5.10. The molecular formula is C11H23N. The molecule has 0 aliphatic heterocycles. The van der Waals surface area contributed by atoms with Crippen molar-refractivity contribution in [2.45, 2.75) is 34.6 Å². The highest BCUT2D eigenvalue weighted by Crippen LogP contribution is 2.29. The second kappa shape index (κ2) is 4.66. The van der Waals surface area contributed by atoms with Gasteiger partial charge in [-0.15, -0.1) is 0 Å². The lowest BCUT2D eigenvalue weighted by Gasteiger charge is -2.30. The van der Waals surface area contributed by atoms with Gasteiger partial charge in [-0.3, -0.25) is 0 Å². The third kappa shape index (κ3) is 3.40. The van der Waals surface area contributed by atoms with Gasteiger partial charge in [-0.05, 0) is 17.9 Å². The zero-order valence-corrected chi connectivity index (χ0v) is 9.20. The van der Waals surface area contributed by atoms with E-state index in [4.69, 9.17) is 0 Å². The lowest BCUT2D eigenvalue weighted by Crippen LogP contribution is -2.32. The van der Waals surface area contributed by atoms with Crippen LogP contribution < -0.4 is 5.32 Å². The van der Waals surface area contributed by atoms with Crippen LogP contribution in [-0.2, 0) is 0 Å². The molecule has 0 saturated carbocycles. The first kappa shape index (κ1) is 11.7. The number of rotatable bonds is 5. The third-order valence-electron chi connectivity index (χ3n) is 2.38. The first-order valence-electron chi connectivity index (χ1n) is 4.81. The summed E-state index contributed by atoms with van der Waals surface area (Å²) >= 11 is 0. The zero-order chi connectivity index (χ0) is 9.78. The van der Waals surface area contributed by atoms with Gasteiger partial charge in [0.1, 0.15) is 0 Å². The fraction of sp³-hybridized carbons (Fsp3) is 0.818. The molecule has 1 heteroatoms. The number of nitrogens with one attached hydrogen (secondary N) is 1. The molecule has 0 atom stereocenters. The van der Waals surface area contributed by atoms with Crippen molar-refractivity contribution < 1.29 is 0 Å². The van der Waals surface area contributed by atoms with Crippen molar-refractivity contribution in [3.63, 3.8) is 0 Å². The van der Waals surface area contributed by atoms with Gasteiger partial charge in [0.25, 0.3) is 0 Å². The smallest absolute Gasteiger partial charge is 0.00398 e. The van der Waals surface area contributed by atoms with Crippen LogP contribution in [-0.4, -0.2) is 13.1 Å². The van der Waals surface area contributed by atoms with Crippen LogP contribution in [0.4, 0.5) is 0 Å². The summed E-state index contributed by atoms with van der Waals surface area (Å²) < 4.78 is 0. The first-order valence-corrected chi connectivity index (χ1v) is 4.81. The molecule has 0 rings (SSSR count). The quantitative estimate of drug-likeness (QED) is 0.624. The van der Waals surface area contributed by atoms with E-state index < -0.39 is 0 Å². The Labute approximate surface area is 77.2 Å². The second-order valence-corrected chi connectivity index (χ2v) is 4.34. The van der Waals surface area contributed by atoms with Gasteiger partial charge < -0.3 is 5.32 Å². The fourth-order valence-electron chi connectivity index (χ4n) is 1.33. The molecule has 0 aromatic heterocycles. The fourth-order valence-corrected chi connectivity index (χ4v) is 1.33. The summed E-state index contributed by atoms with van der Waals surface area (Å²) in [6.07, 6.45) is 0. The summed E-state index contributed by atoms with van der Waals surface area (Å²) in [6.45, 7) is 17.2. The molecule has 72 valence electrons. The van der Waals surface area contributed by atoms with Gasteiger partial charge in [-0.2, -0.15) is 0 Å². The van der Waals surface area contributed by atoms with Gasteiger partial charge in [0.15, 0.2) is 0 Å². The predicted molar refractivity (Wildman–Crippen MR) is 56.3 cm³/mol. The summed E-state index contributed by atoms with van der Waals surface area (Å²) in [5.41, 5.74) is 1.56. The summed E-state index contributed by atoms with van der Waals surface area (Å²) in [5.74, 6) is 0.582. The van der Waals surface area contributed by atoms with Crippen LogP contribution in [0.2, 0.25) is 0 Å². The van der Waals surface area contributed by atoms with Crippen LogP contribution in [0, 0.1) is 11.3 Å². The molecule has 0 unspecified atom stereocenters. The maximum Gasteiger partial charge on any atom is 0.00398 e. The van der Waals surface area contributed by atoms with Gasteiger partial charge in [0, 0.05) is 6.54 Å². The zero-order valence-electron chi connectivity index (χ0n) is 9.20. The third-order valence-corrected chi connectivity index (χ3v) is 2.38. The Kier molecular flexibility index (Phi) is 4.54. The highest BCUT2D eigenvalue weighted by atomic mass is 14.9. The summed E-state index contributed by atoms with van der Waals surface area (Å²) in [7, 11) is 0.